The number of nitrogens with zero attached hydrogens (tertiary/aromatic N) is 3. The van der Waals surface area contributed by atoms with Crippen LogP contribution in [0.15, 0.2) is 72.1 Å². The number of amides is 2. The van der Waals surface area contributed by atoms with E-state index in [9.17, 15) is 14.4 Å². The molecule has 12 heteroatoms. The van der Waals surface area contributed by atoms with Crippen molar-refractivity contribution in [3.63, 3.8) is 0 Å². The van der Waals surface area contributed by atoms with E-state index in [4.69, 9.17) is 21.9 Å². The zero-order valence-electron chi connectivity index (χ0n) is 22.0. The van der Waals surface area contributed by atoms with E-state index in [1.807, 2.05) is 18.2 Å². The third kappa shape index (κ3) is 4.44. The van der Waals surface area contributed by atoms with E-state index in [1.165, 1.54) is 17.8 Å². The molecule has 2 amide bonds. The van der Waals surface area contributed by atoms with Crippen molar-refractivity contribution in [1.82, 2.24) is 20.4 Å². The number of likely N-dealkylation sites (tertiary alicyclic amines) is 1. The van der Waals surface area contributed by atoms with Crippen molar-refractivity contribution in [3.05, 3.63) is 84.1 Å². The number of anilines is 1. The molecule has 3 aliphatic rings. The first-order chi connectivity index (χ1) is 19.7. The third-order valence-electron chi connectivity index (χ3n) is 7.92. The van der Waals surface area contributed by atoms with Gasteiger partial charge in [-0.3, -0.25) is 14.4 Å². The van der Waals surface area contributed by atoms with Crippen molar-refractivity contribution in [2.75, 3.05) is 18.8 Å². The minimum atomic E-state index is -1.70. The molecule has 0 spiro atoms. The van der Waals surface area contributed by atoms with Crippen molar-refractivity contribution in [2.24, 2.45) is 11.5 Å². The summed E-state index contributed by atoms with van der Waals surface area (Å²) < 4.78 is 5.74. The number of nitrogens with two attached hydrogens (primary N) is 3. The van der Waals surface area contributed by atoms with Gasteiger partial charge in [-0.05, 0) is 47.9 Å². The van der Waals surface area contributed by atoms with Crippen LogP contribution in [0.5, 0.6) is 11.6 Å². The number of nitrogens with one attached hydrogen (secondary N) is 1. The van der Waals surface area contributed by atoms with Gasteiger partial charge in [-0.15, -0.1) is 22.0 Å². The molecule has 210 valence electrons. The molecule has 1 aromatic heterocycles. The summed E-state index contributed by atoms with van der Waals surface area (Å²) in [6.07, 6.45) is 1.88. The topological polar surface area (TPSA) is 180 Å². The molecule has 3 aromatic rings. The third-order valence-corrected chi connectivity index (χ3v) is 9.38. The lowest BCUT2D eigenvalue weighted by atomic mass is 9.66. The average Bonchev–Trinajstić information content (AvgIpc) is 3.62. The molecule has 1 saturated heterocycles. The Bertz CT molecular complexity index is 1550. The molecule has 7 N–H and O–H groups in total. The first-order valence-electron chi connectivity index (χ1n) is 13.2. The van der Waals surface area contributed by atoms with E-state index in [0.717, 1.165) is 0 Å². The quantitative estimate of drug-likeness (QED) is 0.250. The van der Waals surface area contributed by atoms with Crippen LogP contribution in [0.1, 0.15) is 29.2 Å². The summed E-state index contributed by atoms with van der Waals surface area (Å²) in [6, 6.07) is 14.4. The smallest absolute Gasteiger partial charge is 0.246 e. The van der Waals surface area contributed by atoms with Crippen molar-refractivity contribution >= 4 is 35.0 Å². The maximum Gasteiger partial charge on any atom is 0.246 e. The number of hydrogen-bond donors (Lipinski definition) is 4. The van der Waals surface area contributed by atoms with Gasteiger partial charge < -0.3 is 32.2 Å². The molecule has 2 aromatic carbocycles. The van der Waals surface area contributed by atoms with Crippen LogP contribution in [0.3, 0.4) is 0 Å². The van der Waals surface area contributed by atoms with Gasteiger partial charge in [-0.25, -0.2) is 0 Å². The van der Waals surface area contributed by atoms with Crippen LogP contribution in [0, 0.1) is 0 Å². The van der Waals surface area contributed by atoms with E-state index in [-0.39, 0.29) is 29.4 Å². The second-order valence-electron chi connectivity index (χ2n) is 10.4. The van der Waals surface area contributed by atoms with Gasteiger partial charge in [-0.2, -0.15) is 0 Å². The second kappa shape index (κ2) is 10.3. The Labute approximate surface area is 240 Å². The fourth-order valence-electron chi connectivity index (χ4n) is 5.87. The number of carbonyl (C=O) groups excluding carboxylic acids is 3. The molecule has 2 aliphatic heterocycles. The number of rotatable bonds is 6. The number of nitrogen functional groups attached to an aromatic ring is 1. The number of ether oxygens (including phenoxy) is 1. The van der Waals surface area contributed by atoms with Gasteiger partial charge in [0.15, 0.2) is 5.78 Å². The Kier molecular flexibility index (Phi) is 6.76. The van der Waals surface area contributed by atoms with Gasteiger partial charge in [0, 0.05) is 41.7 Å². The lowest BCUT2D eigenvalue weighted by Gasteiger charge is -2.40. The monoisotopic (exact) mass is 571 g/mol. The number of benzene rings is 2. The van der Waals surface area contributed by atoms with Crippen molar-refractivity contribution in [2.45, 2.75) is 40.1 Å². The standard InChI is InChI=1S/C29H29N7O4S/c1-2-21(37)36-13-12-15(14-36)33-28(39)26-23-22-17(8-9-18(30)25(22)41-26)29(32,27(38)24(23)31)19-10-11-20(35-34-19)40-16-6-4-3-5-7-16/h2-11,15,23-24,26H,1,12-14,30-32H2,(H,33,39). The Morgan fingerprint density at radius 3 is 2.63 bits per heavy atom. The largest absolute Gasteiger partial charge is 0.438 e. The highest BCUT2D eigenvalue weighted by molar-refractivity contribution is 8.01. The highest BCUT2D eigenvalue weighted by atomic mass is 32.2. The molecule has 1 aliphatic carbocycles. The predicted molar refractivity (Wildman–Crippen MR) is 153 cm³/mol. The summed E-state index contributed by atoms with van der Waals surface area (Å²) in [5.41, 5.74) is 20.0. The molecule has 3 heterocycles. The lowest BCUT2D eigenvalue weighted by molar-refractivity contribution is -0.127. The van der Waals surface area contributed by atoms with E-state index in [1.54, 1.807) is 41.3 Å². The first kappa shape index (κ1) is 26.9. The van der Waals surface area contributed by atoms with Crippen LogP contribution in [0.25, 0.3) is 0 Å². The number of para-hydroxylation sites is 1. The van der Waals surface area contributed by atoms with E-state index < -0.39 is 28.5 Å². The van der Waals surface area contributed by atoms with Crippen molar-refractivity contribution < 1.29 is 19.1 Å². The lowest BCUT2D eigenvalue weighted by Crippen LogP contribution is -2.61. The molecular formula is C29H29N7O4S. The van der Waals surface area contributed by atoms with Crippen LogP contribution in [0.2, 0.25) is 0 Å². The van der Waals surface area contributed by atoms with Gasteiger partial charge in [0.05, 0.1) is 17.0 Å². The highest BCUT2D eigenvalue weighted by Gasteiger charge is 2.57. The number of carbonyl (C=O) groups is 3. The van der Waals surface area contributed by atoms with Crippen LogP contribution < -0.4 is 27.3 Å². The van der Waals surface area contributed by atoms with Crippen molar-refractivity contribution in [1.29, 1.82) is 0 Å². The molecule has 0 radical (unpaired) electrons. The highest BCUT2D eigenvalue weighted by Crippen LogP contribution is 2.56. The number of aromatic nitrogens is 2. The normalized spacial score (nSPS) is 26.4. The number of Topliss-reactive ketones (excluding diaryl/α,β-unsaturated/α-hetero) is 1. The van der Waals surface area contributed by atoms with Crippen LogP contribution >= 0.6 is 11.8 Å². The summed E-state index contributed by atoms with van der Waals surface area (Å²) in [7, 11) is 0. The number of ketones is 1. The minimum Gasteiger partial charge on any atom is -0.438 e. The fourth-order valence-corrected chi connectivity index (χ4v) is 7.32. The molecule has 0 bridgehead atoms. The first-order valence-corrected chi connectivity index (χ1v) is 14.1. The molecule has 5 unspecified atom stereocenters. The van der Waals surface area contributed by atoms with Gasteiger partial charge in [0.2, 0.25) is 17.7 Å². The number of hydrogen-bond acceptors (Lipinski definition) is 10. The summed E-state index contributed by atoms with van der Waals surface area (Å²) in [4.78, 5) is 41.8. The molecule has 1 fully saturated rings. The van der Waals surface area contributed by atoms with Crippen molar-refractivity contribution in [3.8, 4) is 11.6 Å². The molecule has 6 rings (SSSR count). The fraction of sp³-hybridized carbons (Fsp3) is 0.276. The Balaban J connectivity index is 1.30. The van der Waals surface area contributed by atoms with Gasteiger partial charge in [-0.1, -0.05) is 30.8 Å². The van der Waals surface area contributed by atoms with Crippen LogP contribution in [-0.4, -0.2) is 63.1 Å². The zero-order valence-corrected chi connectivity index (χ0v) is 22.8. The van der Waals surface area contributed by atoms with Gasteiger partial charge in [0.25, 0.3) is 0 Å². The Morgan fingerprint density at radius 2 is 1.93 bits per heavy atom. The SMILES string of the molecule is C=CC(=O)N1CCC(NC(=O)C2Sc3c(N)ccc4c3C2C(N)C(=O)C4(N)c2ccc(Oc3ccccc3)nn2)C1. The molecule has 0 saturated carbocycles. The maximum absolute atomic E-state index is 14.0. The van der Waals surface area contributed by atoms with E-state index >= 15 is 0 Å². The van der Waals surface area contributed by atoms with Gasteiger partial charge in [0.1, 0.15) is 11.3 Å². The van der Waals surface area contributed by atoms with Gasteiger partial charge >= 0.3 is 0 Å². The summed E-state index contributed by atoms with van der Waals surface area (Å²) in [6.45, 7) is 4.44. The Hall–Kier alpha value is -4.26. The molecular weight excluding hydrogens is 542 g/mol. The summed E-state index contributed by atoms with van der Waals surface area (Å²) >= 11 is 1.28. The average molecular weight is 572 g/mol. The predicted octanol–water partition coefficient (Wildman–Crippen LogP) is 1.42. The zero-order chi connectivity index (χ0) is 28.9. The van der Waals surface area contributed by atoms with E-state index in [2.05, 4.69) is 22.1 Å². The number of thioether (sulfide) groups is 1. The Morgan fingerprint density at radius 1 is 1.15 bits per heavy atom. The molecule has 11 nitrogen and oxygen atoms in total. The van der Waals surface area contributed by atoms with E-state index in [0.29, 0.717) is 47.0 Å². The minimum absolute atomic E-state index is 0.177. The van der Waals surface area contributed by atoms with Crippen LogP contribution in [-0.2, 0) is 19.9 Å². The summed E-state index contributed by atoms with van der Waals surface area (Å²) in [5.74, 6) is -0.729. The maximum atomic E-state index is 14.0. The molecule has 5 atom stereocenters. The molecule has 41 heavy (non-hydrogen) atoms. The van der Waals surface area contributed by atoms with Crippen LogP contribution in [0.4, 0.5) is 5.69 Å². The summed E-state index contributed by atoms with van der Waals surface area (Å²) in [5, 5.41) is 10.8. The second-order valence-corrected chi connectivity index (χ2v) is 11.5.